The molecule has 2 N–H and O–H groups in total. The van der Waals surface area contributed by atoms with Gasteiger partial charge in [0.2, 0.25) is 5.91 Å². The van der Waals surface area contributed by atoms with Crippen molar-refractivity contribution in [2.75, 3.05) is 6.54 Å². The normalized spacial score (nSPS) is 13.6. The van der Waals surface area contributed by atoms with Gasteiger partial charge >= 0.3 is 0 Å². The molecule has 0 saturated carbocycles. The van der Waals surface area contributed by atoms with E-state index >= 15 is 0 Å². The topological polar surface area (TPSA) is 49.3 Å². The maximum absolute atomic E-state index is 11.0. The SMILES string of the molecule is CC(C)C(=O)NCC(O)C(C)C. The minimum Gasteiger partial charge on any atom is -0.391 e. The van der Waals surface area contributed by atoms with Crippen LogP contribution in [0, 0.1) is 11.8 Å². The molecule has 0 aromatic carbocycles. The molecule has 0 saturated heterocycles. The van der Waals surface area contributed by atoms with Crippen molar-refractivity contribution < 1.29 is 9.90 Å². The van der Waals surface area contributed by atoms with Crippen LogP contribution in [0.3, 0.4) is 0 Å². The van der Waals surface area contributed by atoms with Crippen LogP contribution >= 0.6 is 0 Å². The van der Waals surface area contributed by atoms with Gasteiger partial charge in [-0.15, -0.1) is 0 Å². The van der Waals surface area contributed by atoms with Crippen molar-refractivity contribution in [2.24, 2.45) is 11.8 Å². The van der Waals surface area contributed by atoms with E-state index in [2.05, 4.69) is 5.32 Å². The average Bonchev–Trinajstić information content (AvgIpc) is 1.98. The van der Waals surface area contributed by atoms with Crippen molar-refractivity contribution in [3.8, 4) is 0 Å². The van der Waals surface area contributed by atoms with Crippen molar-refractivity contribution in [3.63, 3.8) is 0 Å². The molecule has 0 aliphatic heterocycles. The summed E-state index contributed by atoms with van der Waals surface area (Å²) in [5, 5.41) is 12.0. The minimum atomic E-state index is -0.437. The second-order valence-corrected chi connectivity index (χ2v) is 3.71. The van der Waals surface area contributed by atoms with Crippen LogP contribution in [0.5, 0.6) is 0 Å². The maximum atomic E-state index is 11.0. The van der Waals surface area contributed by atoms with Gasteiger partial charge in [0.25, 0.3) is 0 Å². The summed E-state index contributed by atoms with van der Waals surface area (Å²) in [6, 6.07) is 0. The monoisotopic (exact) mass is 173 g/mol. The standard InChI is InChI=1S/C9H19NO2/c1-6(2)8(11)5-10-9(12)7(3)4/h6-8,11H,5H2,1-4H3,(H,10,12). The zero-order valence-corrected chi connectivity index (χ0v) is 8.29. The van der Waals surface area contributed by atoms with Gasteiger partial charge in [0, 0.05) is 12.5 Å². The van der Waals surface area contributed by atoms with E-state index < -0.39 is 6.10 Å². The Kier molecular flexibility index (Phi) is 4.90. The predicted molar refractivity (Wildman–Crippen MR) is 48.7 cm³/mol. The van der Waals surface area contributed by atoms with Crippen molar-refractivity contribution in [3.05, 3.63) is 0 Å². The van der Waals surface area contributed by atoms with E-state index in [0.717, 1.165) is 0 Å². The first-order valence-electron chi connectivity index (χ1n) is 4.41. The summed E-state index contributed by atoms with van der Waals surface area (Å²) < 4.78 is 0. The molecular formula is C9H19NO2. The second kappa shape index (κ2) is 5.14. The Morgan fingerprint density at radius 1 is 1.33 bits per heavy atom. The predicted octanol–water partition coefficient (Wildman–Crippen LogP) is 0.775. The van der Waals surface area contributed by atoms with Crippen molar-refractivity contribution in [2.45, 2.75) is 33.8 Å². The van der Waals surface area contributed by atoms with Gasteiger partial charge in [0.15, 0.2) is 0 Å². The Hall–Kier alpha value is -0.570. The summed E-state index contributed by atoms with van der Waals surface area (Å²) in [5.41, 5.74) is 0. The van der Waals surface area contributed by atoms with E-state index in [1.54, 1.807) is 0 Å². The lowest BCUT2D eigenvalue weighted by atomic mass is 10.1. The first kappa shape index (κ1) is 11.4. The Morgan fingerprint density at radius 3 is 2.17 bits per heavy atom. The third-order valence-corrected chi connectivity index (χ3v) is 1.78. The highest BCUT2D eigenvalue weighted by Crippen LogP contribution is 1.99. The zero-order chi connectivity index (χ0) is 9.72. The molecule has 1 amide bonds. The highest BCUT2D eigenvalue weighted by atomic mass is 16.3. The average molecular weight is 173 g/mol. The first-order valence-corrected chi connectivity index (χ1v) is 4.41. The highest BCUT2D eigenvalue weighted by Gasteiger charge is 2.11. The van der Waals surface area contributed by atoms with Gasteiger partial charge in [0.05, 0.1) is 6.10 Å². The Bertz CT molecular complexity index is 143. The number of hydrogen-bond acceptors (Lipinski definition) is 2. The van der Waals surface area contributed by atoms with Crippen molar-refractivity contribution in [1.82, 2.24) is 5.32 Å². The lowest BCUT2D eigenvalue weighted by Gasteiger charge is -2.15. The molecule has 1 unspecified atom stereocenters. The number of amides is 1. The van der Waals surface area contributed by atoms with Crippen LogP contribution in [-0.2, 0) is 4.79 Å². The van der Waals surface area contributed by atoms with Crippen LogP contribution in [-0.4, -0.2) is 23.7 Å². The van der Waals surface area contributed by atoms with Gasteiger partial charge in [-0.25, -0.2) is 0 Å². The number of hydrogen-bond donors (Lipinski definition) is 2. The van der Waals surface area contributed by atoms with Gasteiger partial charge in [-0.05, 0) is 5.92 Å². The molecule has 1 atom stereocenters. The summed E-state index contributed by atoms with van der Waals surface area (Å²) in [5.74, 6) is 0.177. The molecule has 3 heteroatoms. The lowest BCUT2D eigenvalue weighted by molar-refractivity contribution is -0.124. The second-order valence-electron chi connectivity index (χ2n) is 3.71. The molecule has 0 rings (SSSR count). The highest BCUT2D eigenvalue weighted by molar-refractivity contribution is 5.77. The molecule has 0 heterocycles. The third kappa shape index (κ3) is 4.34. The molecule has 0 fully saturated rings. The van der Waals surface area contributed by atoms with E-state index in [0.29, 0.717) is 6.54 Å². The van der Waals surface area contributed by atoms with Gasteiger partial charge in [-0.2, -0.15) is 0 Å². The smallest absolute Gasteiger partial charge is 0.222 e. The van der Waals surface area contributed by atoms with Gasteiger partial charge in [-0.3, -0.25) is 4.79 Å². The number of rotatable bonds is 4. The number of carbonyl (C=O) groups is 1. The molecule has 72 valence electrons. The molecule has 0 aromatic heterocycles. The maximum Gasteiger partial charge on any atom is 0.222 e. The fraction of sp³-hybridized carbons (Fsp3) is 0.889. The van der Waals surface area contributed by atoms with Crippen LogP contribution in [0.4, 0.5) is 0 Å². The summed E-state index contributed by atoms with van der Waals surface area (Å²) in [4.78, 5) is 11.0. The van der Waals surface area contributed by atoms with E-state index in [1.165, 1.54) is 0 Å². The fourth-order valence-corrected chi connectivity index (χ4v) is 0.645. The minimum absolute atomic E-state index is 0.00491. The van der Waals surface area contributed by atoms with Gasteiger partial charge in [-0.1, -0.05) is 27.7 Å². The molecule has 12 heavy (non-hydrogen) atoms. The fourth-order valence-electron chi connectivity index (χ4n) is 0.645. The van der Waals surface area contributed by atoms with E-state index in [4.69, 9.17) is 0 Å². The number of nitrogens with one attached hydrogen (secondary N) is 1. The third-order valence-electron chi connectivity index (χ3n) is 1.78. The van der Waals surface area contributed by atoms with Crippen LogP contribution in [0.2, 0.25) is 0 Å². The van der Waals surface area contributed by atoms with E-state index in [-0.39, 0.29) is 17.7 Å². The molecule has 0 aliphatic carbocycles. The molecule has 0 bridgehead atoms. The lowest BCUT2D eigenvalue weighted by Crippen LogP contribution is -2.36. The van der Waals surface area contributed by atoms with E-state index in [9.17, 15) is 9.90 Å². The first-order chi connectivity index (χ1) is 5.45. The summed E-state index contributed by atoms with van der Waals surface area (Å²) in [6.45, 7) is 7.86. The van der Waals surface area contributed by atoms with E-state index in [1.807, 2.05) is 27.7 Å². The van der Waals surface area contributed by atoms with Gasteiger partial charge in [0.1, 0.15) is 0 Å². The quantitative estimate of drug-likeness (QED) is 0.660. The Morgan fingerprint density at radius 2 is 1.83 bits per heavy atom. The largest absolute Gasteiger partial charge is 0.391 e. The van der Waals surface area contributed by atoms with Gasteiger partial charge < -0.3 is 10.4 Å². The molecule has 0 radical (unpaired) electrons. The Balaban J connectivity index is 3.61. The number of carbonyl (C=O) groups excluding carboxylic acids is 1. The summed E-state index contributed by atoms with van der Waals surface area (Å²) >= 11 is 0. The molecule has 3 nitrogen and oxygen atoms in total. The van der Waals surface area contributed by atoms with Crippen molar-refractivity contribution >= 4 is 5.91 Å². The van der Waals surface area contributed by atoms with Crippen molar-refractivity contribution in [1.29, 1.82) is 0 Å². The summed E-state index contributed by atoms with van der Waals surface area (Å²) in [7, 11) is 0. The summed E-state index contributed by atoms with van der Waals surface area (Å²) in [6.07, 6.45) is -0.437. The van der Waals surface area contributed by atoms with Crippen LogP contribution in [0.25, 0.3) is 0 Å². The molecule has 0 aliphatic rings. The zero-order valence-electron chi connectivity index (χ0n) is 8.29. The van der Waals surface area contributed by atoms with Crippen LogP contribution in [0.15, 0.2) is 0 Å². The van der Waals surface area contributed by atoms with Crippen LogP contribution < -0.4 is 5.32 Å². The number of aliphatic hydroxyl groups is 1. The molecular weight excluding hydrogens is 154 g/mol. The van der Waals surface area contributed by atoms with Crippen LogP contribution in [0.1, 0.15) is 27.7 Å². The molecule has 0 spiro atoms. The number of aliphatic hydroxyl groups excluding tert-OH is 1. The molecule has 0 aromatic rings. The Labute approximate surface area is 74.2 Å².